The summed E-state index contributed by atoms with van der Waals surface area (Å²) in [5, 5.41) is 8.72. The Kier molecular flexibility index (Phi) is 3.39. The lowest BCUT2D eigenvalue weighted by Crippen LogP contribution is -2.17. The lowest BCUT2D eigenvalue weighted by Gasteiger charge is -2.09. The van der Waals surface area contributed by atoms with Gasteiger partial charge < -0.3 is 9.73 Å². The molecule has 1 aromatic carbocycles. The number of hydrogen-bond acceptors (Lipinski definition) is 3. The number of benzene rings is 1. The van der Waals surface area contributed by atoms with Gasteiger partial charge in [-0.25, -0.2) is 4.68 Å². The molecule has 0 saturated heterocycles. The number of fused-ring (bicyclic) bond motifs is 1. The Labute approximate surface area is 117 Å². The van der Waals surface area contributed by atoms with Crippen molar-refractivity contribution in [1.29, 1.82) is 0 Å². The van der Waals surface area contributed by atoms with Crippen LogP contribution < -0.4 is 5.32 Å². The first-order valence-electron chi connectivity index (χ1n) is 6.63. The van der Waals surface area contributed by atoms with Gasteiger partial charge in [0, 0.05) is 29.9 Å². The normalized spacial score (nSPS) is 12.7. The number of hydrogen-bond donors (Lipinski definition) is 1. The lowest BCUT2D eigenvalue weighted by atomic mass is 10.2. The van der Waals surface area contributed by atoms with Gasteiger partial charge in [-0.05, 0) is 19.1 Å². The number of nitrogens with zero attached hydrogens (tertiary/aromatic N) is 2. The Morgan fingerprint density at radius 2 is 2.30 bits per heavy atom. The van der Waals surface area contributed by atoms with Crippen molar-refractivity contribution < 1.29 is 4.42 Å². The van der Waals surface area contributed by atoms with Gasteiger partial charge in [0.25, 0.3) is 0 Å². The molecule has 1 atom stereocenters. The predicted molar refractivity (Wildman–Crippen MR) is 80.1 cm³/mol. The molecule has 20 heavy (non-hydrogen) atoms. The highest BCUT2D eigenvalue weighted by atomic mass is 16.3. The molecule has 0 aliphatic carbocycles. The van der Waals surface area contributed by atoms with Crippen LogP contribution in [-0.4, -0.2) is 9.78 Å². The van der Waals surface area contributed by atoms with E-state index in [9.17, 15) is 0 Å². The van der Waals surface area contributed by atoms with Crippen molar-refractivity contribution in [1.82, 2.24) is 15.1 Å². The standard InChI is InChI=1S/C16H17N3O/c1-3-19-11-13(10-18-19)9-17-12(2)16-8-14-6-4-5-7-15(14)20-16/h3-8,10-12,17H,1,9H2,2H3. The zero-order chi connectivity index (χ0) is 13.9. The lowest BCUT2D eigenvalue weighted by molar-refractivity contribution is 0.451. The average Bonchev–Trinajstić information content (AvgIpc) is 3.10. The molecular weight excluding hydrogens is 250 g/mol. The second kappa shape index (κ2) is 5.35. The molecule has 0 fully saturated rings. The summed E-state index contributed by atoms with van der Waals surface area (Å²) in [5.41, 5.74) is 2.04. The van der Waals surface area contributed by atoms with Crippen molar-refractivity contribution in [3.8, 4) is 0 Å². The molecule has 0 amide bonds. The van der Waals surface area contributed by atoms with Crippen LogP contribution in [0.2, 0.25) is 0 Å². The Morgan fingerprint density at radius 3 is 3.05 bits per heavy atom. The van der Waals surface area contributed by atoms with Gasteiger partial charge in [0.05, 0.1) is 12.2 Å². The Hall–Kier alpha value is -2.33. The van der Waals surface area contributed by atoms with Crippen LogP contribution in [0.15, 0.2) is 53.7 Å². The molecule has 0 aliphatic heterocycles. The van der Waals surface area contributed by atoms with Crippen LogP contribution in [0.3, 0.4) is 0 Å². The molecule has 2 aromatic heterocycles. The van der Waals surface area contributed by atoms with Crippen LogP contribution in [0.1, 0.15) is 24.3 Å². The summed E-state index contributed by atoms with van der Waals surface area (Å²) in [6, 6.07) is 10.3. The third-order valence-corrected chi connectivity index (χ3v) is 3.33. The predicted octanol–water partition coefficient (Wildman–Crippen LogP) is 3.58. The Balaban J connectivity index is 1.69. The molecule has 1 N–H and O–H groups in total. The molecule has 0 radical (unpaired) electrons. The largest absolute Gasteiger partial charge is 0.459 e. The van der Waals surface area contributed by atoms with Gasteiger partial charge in [-0.15, -0.1) is 0 Å². The Bertz CT molecular complexity index is 693. The number of furan rings is 1. The first kappa shape index (κ1) is 12.7. The average molecular weight is 267 g/mol. The van der Waals surface area contributed by atoms with Crippen molar-refractivity contribution in [3.63, 3.8) is 0 Å². The topological polar surface area (TPSA) is 43.0 Å². The number of para-hydroxylation sites is 1. The molecule has 0 aliphatic rings. The van der Waals surface area contributed by atoms with E-state index in [0.717, 1.165) is 28.8 Å². The molecule has 0 saturated carbocycles. The van der Waals surface area contributed by atoms with Crippen LogP contribution in [0.4, 0.5) is 0 Å². The fourth-order valence-corrected chi connectivity index (χ4v) is 2.16. The third-order valence-electron chi connectivity index (χ3n) is 3.33. The summed E-state index contributed by atoms with van der Waals surface area (Å²) in [6.45, 7) is 6.51. The summed E-state index contributed by atoms with van der Waals surface area (Å²) in [7, 11) is 0. The fourth-order valence-electron chi connectivity index (χ4n) is 2.16. The van der Waals surface area contributed by atoms with Crippen molar-refractivity contribution in [2.75, 3.05) is 0 Å². The zero-order valence-electron chi connectivity index (χ0n) is 11.4. The summed E-state index contributed by atoms with van der Waals surface area (Å²) < 4.78 is 7.54. The molecule has 4 nitrogen and oxygen atoms in total. The minimum Gasteiger partial charge on any atom is -0.459 e. The molecule has 0 spiro atoms. The maximum absolute atomic E-state index is 5.85. The molecule has 3 rings (SSSR count). The van der Waals surface area contributed by atoms with E-state index in [1.54, 1.807) is 10.9 Å². The highest BCUT2D eigenvalue weighted by Gasteiger charge is 2.11. The summed E-state index contributed by atoms with van der Waals surface area (Å²) in [5.74, 6) is 0.947. The SMILES string of the molecule is C=Cn1cc(CNC(C)c2cc3ccccc3o2)cn1. The summed E-state index contributed by atoms with van der Waals surface area (Å²) in [4.78, 5) is 0. The zero-order valence-corrected chi connectivity index (χ0v) is 11.4. The highest BCUT2D eigenvalue weighted by Crippen LogP contribution is 2.23. The summed E-state index contributed by atoms with van der Waals surface area (Å²) >= 11 is 0. The number of rotatable bonds is 5. The molecule has 0 bridgehead atoms. The minimum atomic E-state index is 0.148. The van der Waals surface area contributed by atoms with E-state index in [4.69, 9.17) is 4.42 Å². The van der Waals surface area contributed by atoms with Crippen molar-refractivity contribution >= 4 is 17.2 Å². The van der Waals surface area contributed by atoms with Crippen molar-refractivity contribution in [3.05, 3.63) is 60.6 Å². The summed E-state index contributed by atoms with van der Waals surface area (Å²) in [6.07, 6.45) is 5.46. The van der Waals surface area contributed by atoms with E-state index in [-0.39, 0.29) is 6.04 Å². The van der Waals surface area contributed by atoms with E-state index in [1.165, 1.54) is 0 Å². The minimum absolute atomic E-state index is 0.148. The first-order chi connectivity index (χ1) is 9.76. The van der Waals surface area contributed by atoms with E-state index < -0.39 is 0 Å². The second-order valence-corrected chi connectivity index (χ2v) is 4.80. The Morgan fingerprint density at radius 1 is 1.45 bits per heavy atom. The first-order valence-corrected chi connectivity index (χ1v) is 6.63. The maximum Gasteiger partial charge on any atom is 0.134 e. The molecule has 1 unspecified atom stereocenters. The van der Waals surface area contributed by atoms with Crippen LogP contribution in [0, 0.1) is 0 Å². The van der Waals surface area contributed by atoms with Gasteiger partial charge in [-0.1, -0.05) is 24.8 Å². The molecule has 2 heterocycles. The second-order valence-electron chi connectivity index (χ2n) is 4.80. The van der Waals surface area contributed by atoms with E-state index in [2.05, 4.69) is 36.1 Å². The smallest absolute Gasteiger partial charge is 0.134 e. The molecule has 102 valence electrons. The molecular formula is C16H17N3O. The molecule has 3 aromatic rings. The van der Waals surface area contributed by atoms with Gasteiger partial charge in [0.2, 0.25) is 0 Å². The molecule has 4 heteroatoms. The maximum atomic E-state index is 5.85. The van der Waals surface area contributed by atoms with Gasteiger partial charge >= 0.3 is 0 Å². The van der Waals surface area contributed by atoms with Gasteiger partial charge in [-0.3, -0.25) is 0 Å². The number of nitrogens with one attached hydrogen (secondary N) is 1. The monoisotopic (exact) mass is 267 g/mol. The fraction of sp³-hybridized carbons (Fsp3) is 0.188. The van der Waals surface area contributed by atoms with Gasteiger partial charge in [-0.2, -0.15) is 5.10 Å². The van der Waals surface area contributed by atoms with Crippen molar-refractivity contribution in [2.24, 2.45) is 0 Å². The van der Waals surface area contributed by atoms with Crippen LogP contribution in [0.5, 0.6) is 0 Å². The number of aromatic nitrogens is 2. The van der Waals surface area contributed by atoms with E-state index in [1.807, 2.05) is 30.6 Å². The van der Waals surface area contributed by atoms with Crippen LogP contribution >= 0.6 is 0 Å². The highest BCUT2D eigenvalue weighted by molar-refractivity contribution is 5.77. The van der Waals surface area contributed by atoms with Gasteiger partial charge in [0.15, 0.2) is 0 Å². The van der Waals surface area contributed by atoms with Gasteiger partial charge in [0.1, 0.15) is 11.3 Å². The van der Waals surface area contributed by atoms with Crippen LogP contribution in [-0.2, 0) is 6.54 Å². The van der Waals surface area contributed by atoms with E-state index >= 15 is 0 Å². The third kappa shape index (κ3) is 2.51. The van der Waals surface area contributed by atoms with Crippen LogP contribution in [0.25, 0.3) is 17.2 Å². The quantitative estimate of drug-likeness (QED) is 0.768. The van der Waals surface area contributed by atoms with Crippen molar-refractivity contribution in [2.45, 2.75) is 19.5 Å². The van der Waals surface area contributed by atoms with E-state index in [0.29, 0.717) is 0 Å².